The Morgan fingerprint density at radius 3 is 2.45 bits per heavy atom. The molecule has 2 aliphatic rings. The molecule has 1 saturated heterocycles. The molecule has 1 heterocycles. The monoisotopic (exact) mass is 155 g/mol. The van der Waals surface area contributed by atoms with E-state index < -0.39 is 5.97 Å². The van der Waals surface area contributed by atoms with Crippen LogP contribution in [0.4, 0.5) is 0 Å². The molecule has 0 aromatic rings. The van der Waals surface area contributed by atoms with Crippen LogP contribution in [0.1, 0.15) is 19.8 Å². The fraction of sp³-hybridized carbons (Fsp3) is 0.875. The number of carboxylic acids is 1. The SMILES string of the molecule is CC(C(=O)O)N1CC2(CC2)C1. The van der Waals surface area contributed by atoms with Gasteiger partial charge in [-0.05, 0) is 25.2 Å². The van der Waals surface area contributed by atoms with Gasteiger partial charge in [0.25, 0.3) is 0 Å². The third-order valence-corrected chi connectivity index (χ3v) is 2.94. The summed E-state index contributed by atoms with van der Waals surface area (Å²) in [7, 11) is 0. The van der Waals surface area contributed by atoms with Crippen molar-refractivity contribution in [2.45, 2.75) is 25.8 Å². The van der Waals surface area contributed by atoms with Crippen LogP contribution in [0.25, 0.3) is 0 Å². The zero-order valence-electron chi connectivity index (χ0n) is 6.71. The van der Waals surface area contributed by atoms with Gasteiger partial charge in [0.2, 0.25) is 0 Å². The fourth-order valence-corrected chi connectivity index (χ4v) is 1.74. The molecule has 3 heteroatoms. The van der Waals surface area contributed by atoms with E-state index in [0.29, 0.717) is 5.41 Å². The number of carboxylic acid groups (broad SMARTS) is 1. The molecular weight excluding hydrogens is 142 g/mol. The van der Waals surface area contributed by atoms with Crippen molar-refractivity contribution in [2.75, 3.05) is 13.1 Å². The maximum atomic E-state index is 10.5. The molecule has 1 N–H and O–H groups in total. The smallest absolute Gasteiger partial charge is 0.320 e. The lowest BCUT2D eigenvalue weighted by atomic mass is 9.95. The number of aliphatic carboxylic acids is 1. The summed E-state index contributed by atoms with van der Waals surface area (Å²) in [4.78, 5) is 12.6. The van der Waals surface area contributed by atoms with Crippen LogP contribution >= 0.6 is 0 Å². The number of carbonyl (C=O) groups is 1. The Morgan fingerprint density at radius 1 is 1.55 bits per heavy atom. The number of hydrogen-bond donors (Lipinski definition) is 1. The highest BCUT2D eigenvalue weighted by molar-refractivity contribution is 5.73. The normalized spacial score (nSPS) is 29.5. The number of nitrogens with zero attached hydrogens (tertiary/aromatic N) is 1. The lowest BCUT2D eigenvalue weighted by Gasteiger charge is -2.42. The van der Waals surface area contributed by atoms with E-state index in [0.717, 1.165) is 13.1 Å². The summed E-state index contributed by atoms with van der Waals surface area (Å²) in [6, 6.07) is -0.277. The second kappa shape index (κ2) is 1.97. The molecule has 0 radical (unpaired) electrons. The second-order valence-electron chi connectivity index (χ2n) is 3.92. The molecule has 3 nitrogen and oxygen atoms in total. The predicted molar refractivity (Wildman–Crippen MR) is 40.3 cm³/mol. The van der Waals surface area contributed by atoms with E-state index in [9.17, 15) is 4.79 Å². The van der Waals surface area contributed by atoms with Crippen LogP contribution in [0.3, 0.4) is 0 Å². The lowest BCUT2D eigenvalue weighted by Crippen LogP contribution is -2.54. The van der Waals surface area contributed by atoms with Crippen molar-refractivity contribution in [3.8, 4) is 0 Å². The molecule has 0 amide bonds. The Balaban J connectivity index is 1.85. The zero-order chi connectivity index (χ0) is 8.06. The van der Waals surface area contributed by atoms with Crippen molar-refractivity contribution in [3.05, 3.63) is 0 Å². The Hall–Kier alpha value is -0.570. The molecule has 0 aromatic heterocycles. The van der Waals surface area contributed by atoms with Gasteiger partial charge in [-0.2, -0.15) is 0 Å². The van der Waals surface area contributed by atoms with Crippen molar-refractivity contribution >= 4 is 5.97 Å². The lowest BCUT2D eigenvalue weighted by molar-refractivity contribution is -0.145. The van der Waals surface area contributed by atoms with Crippen molar-refractivity contribution < 1.29 is 9.90 Å². The number of rotatable bonds is 2. The van der Waals surface area contributed by atoms with Gasteiger partial charge >= 0.3 is 5.97 Å². The van der Waals surface area contributed by atoms with Gasteiger partial charge in [0.1, 0.15) is 6.04 Å². The Kier molecular flexibility index (Phi) is 1.27. The van der Waals surface area contributed by atoms with Crippen LogP contribution in [-0.4, -0.2) is 35.1 Å². The Labute approximate surface area is 66.0 Å². The Morgan fingerprint density at radius 2 is 2.09 bits per heavy atom. The molecular formula is C8H13NO2. The highest BCUT2D eigenvalue weighted by Crippen LogP contribution is 2.53. The first kappa shape index (κ1) is 7.10. The first-order valence-corrected chi connectivity index (χ1v) is 4.10. The van der Waals surface area contributed by atoms with Crippen molar-refractivity contribution in [1.82, 2.24) is 4.90 Å². The zero-order valence-corrected chi connectivity index (χ0v) is 6.71. The third-order valence-electron chi connectivity index (χ3n) is 2.94. The summed E-state index contributed by atoms with van der Waals surface area (Å²) in [5.41, 5.74) is 0.573. The fourth-order valence-electron chi connectivity index (χ4n) is 1.74. The van der Waals surface area contributed by atoms with E-state index in [4.69, 9.17) is 5.11 Å². The molecule has 1 saturated carbocycles. The summed E-state index contributed by atoms with van der Waals surface area (Å²) >= 11 is 0. The van der Waals surface area contributed by atoms with E-state index in [-0.39, 0.29) is 6.04 Å². The van der Waals surface area contributed by atoms with Gasteiger partial charge < -0.3 is 5.11 Å². The van der Waals surface area contributed by atoms with Crippen LogP contribution in [0.2, 0.25) is 0 Å². The summed E-state index contributed by atoms with van der Waals surface area (Å²) in [6.07, 6.45) is 2.63. The topological polar surface area (TPSA) is 40.5 Å². The molecule has 62 valence electrons. The number of likely N-dealkylation sites (tertiary alicyclic amines) is 1. The summed E-state index contributed by atoms with van der Waals surface area (Å²) in [6.45, 7) is 3.79. The molecule has 1 atom stereocenters. The van der Waals surface area contributed by atoms with E-state index in [1.165, 1.54) is 12.8 Å². The quantitative estimate of drug-likeness (QED) is 0.633. The maximum absolute atomic E-state index is 10.5. The first-order valence-electron chi connectivity index (χ1n) is 4.10. The molecule has 0 bridgehead atoms. The molecule has 0 aromatic carbocycles. The van der Waals surface area contributed by atoms with Crippen molar-refractivity contribution in [2.24, 2.45) is 5.41 Å². The Bertz CT molecular complexity index is 190. The van der Waals surface area contributed by atoms with Crippen LogP contribution in [0.15, 0.2) is 0 Å². The van der Waals surface area contributed by atoms with Crippen molar-refractivity contribution in [3.63, 3.8) is 0 Å². The molecule has 11 heavy (non-hydrogen) atoms. The second-order valence-corrected chi connectivity index (χ2v) is 3.92. The van der Waals surface area contributed by atoms with Crippen LogP contribution in [0, 0.1) is 5.41 Å². The average molecular weight is 155 g/mol. The standard InChI is InChI=1S/C8H13NO2/c1-6(7(10)11)9-4-8(5-9)2-3-8/h6H,2-5H2,1H3,(H,10,11). The number of hydrogen-bond acceptors (Lipinski definition) is 2. The van der Waals surface area contributed by atoms with Gasteiger partial charge in [-0.3, -0.25) is 9.69 Å². The van der Waals surface area contributed by atoms with Gasteiger partial charge in [-0.15, -0.1) is 0 Å². The summed E-state index contributed by atoms with van der Waals surface area (Å²) in [5, 5.41) is 8.67. The minimum absolute atomic E-state index is 0.277. The highest BCUT2D eigenvalue weighted by Gasteiger charge is 2.53. The van der Waals surface area contributed by atoms with Gasteiger partial charge in [-0.1, -0.05) is 0 Å². The molecule has 1 spiro atoms. The summed E-state index contributed by atoms with van der Waals surface area (Å²) in [5.74, 6) is -0.694. The average Bonchev–Trinajstić information content (AvgIpc) is 2.60. The van der Waals surface area contributed by atoms with E-state index in [1.807, 2.05) is 4.90 Å². The van der Waals surface area contributed by atoms with Crippen LogP contribution in [-0.2, 0) is 4.79 Å². The largest absolute Gasteiger partial charge is 0.480 e. The molecule has 1 unspecified atom stereocenters. The maximum Gasteiger partial charge on any atom is 0.320 e. The summed E-state index contributed by atoms with van der Waals surface area (Å²) < 4.78 is 0. The molecule has 2 fully saturated rings. The van der Waals surface area contributed by atoms with E-state index in [1.54, 1.807) is 6.92 Å². The molecule has 1 aliphatic heterocycles. The van der Waals surface area contributed by atoms with Gasteiger partial charge in [-0.25, -0.2) is 0 Å². The van der Waals surface area contributed by atoms with Gasteiger partial charge in [0.05, 0.1) is 0 Å². The minimum atomic E-state index is -0.694. The highest BCUT2D eigenvalue weighted by atomic mass is 16.4. The van der Waals surface area contributed by atoms with Crippen LogP contribution < -0.4 is 0 Å². The van der Waals surface area contributed by atoms with Gasteiger partial charge in [0, 0.05) is 13.1 Å². The van der Waals surface area contributed by atoms with Crippen molar-refractivity contribution in [1.29, 1.82) is 0 Å². The van der Waals surface area contributed by atoms with E-state index >= 15 is 0 Å². The first-order chi connectivity index (χ1) is 5.13. The molecule has 2 rings (SSSR count). The van der Waals surface area contributed by atoms with E-state index in [2.05, 4.69) is 0 Å². The van der Waals surface area contributed by atoms with Gasteiger partial charge in [0.15, 0.2) is 0 Å². The minimum Gasteiger partial charge on any atom is -0.480 e. The third kappa shape index (κ3) is 1.03. The van der Waals surface area contributed by atoms with Crippen LogP contribution in [0.5, 0.6) is 0 Å². The molecule has 1 aliphatic carbocycles. The predicted octanol–water partition coefficient (Wildman–Crippen LogP) is 0.555.